The Balaban J connectivity index is 1.54. The van der Waals surface area contributed by atoms with Crippen LogP contribution < -0.4 is 4.90 Å². The molecule has 0 saturated carbocycles. The summed E-state index contributed by atoms with van der Waals surface area (Å²) >= 11 is 0. The smallest absolute Gasteiger partial charge is 0.410 e. The summed E-state index contributed by atoms with van der Waals surface area (Å²) in [6.07, 6.45) is 6.87. The second kappa shape index (κ2) is 9.12. The second-order valence-corrected chi connectivity index (χ2v) is 8.95. The summed E-state index contributed by atoms with van der Waals surface area (Å²) < 4.78 is 5.48. The number of hydrogen-bond acceptors (Lipinski definition) is 5. The lowest BCUT2D eigenvalue weighted by molar-refractivity contribution is 0.0240. The SMILES string of the molecule is CCCCN1CCC[C@H]1c1ccc(N2CCN(C(=O)OC(C)(C)C)CC2)nc1. The van der Waals surface area contributed by atoms with Crippen LogP contribution in [0.2, 0.25) is 0 Å². The van der Waals surface area contributed by atoms with Crippen LogP contribution in [0.5, 0.6) is 0 Å². The fraction of sp³-hybridized carbons (Fsp3) is 0.727. The van der Waals surface area contributed by atoms with E-state index in [1.165, 1.54) is 44.3 Å². The maximum Gasteiger partial charge on any atom is 0.410 e. The molecule has 2 aliphatic rings. The van der Waals surface area contributed by atoms with E-state index in [9.17, 15) is 4.79 Å². The van der Waals surface area contributed by atoms with Gasteiger partial charge in [-0.2, -0.15) is 0 Å². The monoisotopic (exact) mass is 388 g/mol. The molecular weight excluding hydrogens is 352 g/mol. The standard InChI is InChI=1S/C22H36N4O2/c1-5-6-11-24-12-7-8-19(24)18-9-10-20(23-17-18)25-13-15-26(16-14-25)21(27)28-22(2,3)4/h9-10,17,19H,5-8,11-16H2,1-4H3/t19-/m0/s1. The zero-order chi connectivity index (χ0) is 20.1. The summed E-state index contributed by atoms with van der Waals surface area (Å²) in [7, 11) is 0. The molecular formula is C22H36N4O2. The highest BCUT2D eigenvalue weighted by atomic mass is 16.6. The van der Waals surface area contributed by atoms with E-state index in [0.29, 0.717) is 19.1 Å². The molecule has 0 aliphatic carbocycles. The van der Waals surface area contributed by atoms with E-state index < -0.39 is 5.60 Å². The Morgan fingerprint density at radius 3 is 2.54 bits per heavy atom. The molecule has 2 aliphatic heterocycles. The molecule has 6 heteroatoms. The van der Waals surface area contributed by atoms with Gasteiger partial charge in [-0.25, -0.2) is 9.78 Å². The predicted molar refractivity (Wildman–Crippen MR) is 113 cm³/mol. The number of likely N-dealkylation sites (tertiary alicyclic amines) is 1. The first kappa shape index (κ1) is 20.9. The Morgan fingerprint density at radius 2 is 1.93 bits per heavy atom. The zero-order valence-electron chi connectivity index (χ0n) is 18.0. The van der Waals surface area contributed by atoms with Crippen molar-refractivity contribution in [3.63, 3.8) is 0 Å². The van der Waals surface area contributed by atoms with Crippen LogP contribution in [0.1, 0.15) is 65.0 Å². The van der Waals surface area contributed by atoms with E-state index in [-0.39, 0.29) is 6.09 Å². The van der Waals surface area contributed by atoms with Gasteiger partial charge >= 0.3 is 6.09 Å². The van der Waals surface area contributed by atoms with Gasteiger partial charge in [-0.1, -0.05) is 19.4 Å². The summed E-state index contributed by atoms with van der Waals surface area (Å²) in [4.78, 5) is 23.6. The van der Waals surface area contributed by atoms with Crippen molar-refractivity contribution in [3.05, 3.63) is 23.9 Å². The molecule has 2 fully saturated rings. The minimum absolute atomic E-state index is 0.219. The molecule has 0 spiro atoms. The van der Waals surface area contributed by atoms with Crippen LogP contribution in [-0.4, -0.2) is 65.7 Å². The number of carbonyl (C=O) groups excluding carboxylic acids is 1. The first-order valence-electron chi connectivity index (χ1n) is 10.8. The molecule has 2 saturated heterocycles. The van der Waals surface area contributed by atoms with Gasteiger partial charge in [0.1, 0.15) is 11.4 Å². The Bertz CT molecular complexity index is 633. The Morgan fingerprint density at radius 1 is 1.18 bits per heavy atom. The maximum absolute atomic E-state index is 12.2. The normalized spacial score (nSPS) is 21.2. The van der Waals surface area contributed by atoms with E-state index in [1.54, 1.807) is 4.90 Å². The highest BCUT2D eigenvalue weighted by Gasteiger charge is 2.28. The number of amides is 1. The largest absolute Gasteiger partial charge is 0.444 e. The predicted octanol–water partition coefficient (Wildman–Crippen LogP) is 4.08. The summed E-state index contributed by atoms with van der Waals surface area (Å²) in [6.45, 7) is 13.3. The lowest BCUT2D eigenvalue weighted by Crippen LogP contribution is -2.50. The fourth-order valence-corrected chi connectivity index (χ4v) is 4.06. The van der Waals surface area contributed by atoms with Crippen LogP contribution in [0.25, 0.3) is 0 Å². The summed E-state index contributed by atoms with van der Waals surface area (Å²) in [6, 6.07) is 4.92. The number of aromatic nitrogens is 1. The third kappa shape index (κ3) is 5.37. The molecule has 1 aromatic rings. The van der Waals surface area contributed by atoms with Gasteiger partial charge in [0.05, 0.1) is 0 Å². The molecule has 0 N–H and O–H groups in total. The Hall–Kier alpha value is -1.82. The molecule has 3 rings (SSSR count). The van der Waals surface area contributed by atoms with E-state index >= 15 is 0 Å². The van der Waals surface area contributed by atoms with Crippen LogP contribution in [0, 0.1) is 0 Å². The lowest BCUT2D eigenvalue weighted by atomic mass is 10.1. The summed E-state index contributed by atoms with van der Waals surface area (Å²) in [5, 5.41) is 0. The van der Waals surface area contributed by atoms with E-state index in [1.807, 2.05) is 20.8 Å². The van der Waals surface area contributed by atoms with Crippen molar-refractivity contribution in [2.75, 3.05) is 44.2 Å². The van der Waals surface area contributed by atoms with Crippen molar-refractivity contribution in [1.29, 1.82) is 0 Å². The molecule has 1 aromatic heterocycles. The van der Waals surface area contributed by atoms with Crippen molar-refractivity contribution in [3.8, 4) is 0 Å². The van der Waals surface area contributed by atoms with Crippen LogP contribution in [0.4, 0.5) is 10.6 Å². The molecule has 28 heavy (non-hydrogen) atoms. The Labute approximate surface area is 169 Å². The maximum atomic E-state index is 12.2. The van der Waals surface area contributed by atoms with Gasteiger partial charge in [0.15, 0.2) is 0 Å². The van der Waals surface area contributed by atoms with Crippen LogP contribution in [0.3, 0.4) is 0 Å². The number of anilines is 1. The van der Waals surface area contributed by atoms with Crippen molar-refractivity contribution >= 4 is 11.9 Å². The van der Waals surface area contributed by atoms with Crippen LogP contribution in [0.15, 0.2) is 18.3 Å². The number of carbonyl (C=O) groups is 1. The molecule has 0 unspecified atom stereocenters. The first-order valence-corrected chi connectivity index (χ1v) is 10.8. The summed E-state index contributed by atoms with van der Waals surface area (Å²) in [5.74, 6) is 1.01. The van der Waals surface area contributed by atoms with Gasteiger partial charge < -0.3 is 14.5 Å². The number of piperazine rings is 1. The van der Waals surface area contributed by atoms with Crippen LogP contribution >= 0.6 is 0 Å². The molecule has 3 heterocycles. The fourth-order valence-electron chi connectivity index (χ4n) is 4.06. The number of pyridine rings is 1. The molecule has 0 bridgehead atoms. The third-order valence-corrected chi connectivity index (χ3v) is 5.57. The average molecular weight is 389 g/mol. The highest BCUT2D eigenvalue weighted by molar-refractivity contribution is 5.68. The summed E-state index contributed by atoms with van der Waals surface area (Å²) in [5.41, 5.74) is 0.890. The molecule has 1 amide bonds. The first-order chi connectivity index (χ1) is 13.4. The molecule has 1 atom stereocenters. The van der Waals surface area contributed by atoms with Crippen molar-refractivity contribution in [1.82, 2.24) is 14.8 Å². The third-order valence-electron chi connectivity index (χ3n) is 5.57. The minimum Gasteiger partial charge on any atom is -0.444 e. The number of unbranched alkanes of at least 4 members (excludes halogenated alkanes) is 1. The van der Waals surface area contributed by atoms with E-state index in [2.05, 4.69) is 35.1 Å². The van der Waals surface area contributed by atoms with Gasteiger partial charge in [0, 0.05) is 38.4 Å². The average Bonchev–Trinajstić information content (AvgIpc) is 3.14. The lowest BCUT2D eigenvalue weighted by Gasteiger charge is -2.36. The second-order valence-electron chi connectivity index (χ2n) is 8.95. The number of rotatable bonds is 5. The van der Waals surface area contributed by atoms with Crippen molar-refractivity contribution in [2.24, 2.45) is 0 Å². The van der Waals surface area contributed by atoms with E-state index in [0.717, 1.165) is 18.9 Å². The quantitative estimate of drug-likeness (QED) is 0.761. The molecule has 0 aromatic carbocycles. The van der Waals surface area contributed by atoms with Gasteiger partial charge in [-0.3, -0.25) is 4.90 Å². The van der Waals surface area contributed by atoms with Gasteiger partial charge in [0.2, 0.25) is 0 Å². The highest BCUT2D eigenvalue weighted by Crippen LogP contribution is 2.32. The minimum atomic E-state index is -0.448. The van der Waals surface area contributed by atoms with Crippen molar-refractivity contribution in [2.45, 2.75) is 65.0 Å². The van der Waals surface area contributed by atoms with Crippen LogP contribution in [-0.2, 0) is 4.74 Å². The van der Waals surface area contributed by atoms with Gasteiger partial charge in [-0.05, 0) is 64.8 Å². The zero-order valence-corrected chi connectivity index (χ0v) is 18.0. The molecule has 6 nitrogen and oxygen atoms in total. The van der Waals surface area contributed by atoms with Gasteiger partial charge in [-0.15, -0.1) is 0 Å². The molecule has 156 valence electrons. The number of nitrogens with zero attached hydrogens (tertiary/aromatic N) is 4. The Kier molecular flexibility index (Phi) is 6.81. The number of hydrogen-bond donors (Lipinski definition) is 0. The topological polar surface area (TPSA) is 48.9 Å². The van der Waals surface area contributed by atoms with E-state index in [4.69, 9.17) is 9.72 Å². The molecule has 0 radical (unpaired) electrons. The number of ether oxygens (including phenoxy) is 1. The van der Waals surface area contributed by atoms with Gasteiger partial charge in [0.25, 0.3) is 0 Å². The van der Waals surface area contributed by atoms with Crippen molar-refractivity contribution < 1.29 is 9.53 Å².